The van der Waals surface area contributed by atoms with E-state index in [1.807, 2.05) is 115 Å². The van der Waals surface area contributed by atoms with Gasteiger partial charge in [0.05, 0.1) is 29.8 Å². The molecule has 2 aliphatic heterocycles. The third-order valence-electron chi connectivity index (χ3n) is 10.4. The molecule has 0 bridgehead atoms. The average molecular weight is 764 g/mol. The van der Waals surface area contributed by atoms with E-state index in [4.69, 9.17) is 28.4 Å². The van der Waals surface area contributed by atoms with Gasteiger partial charge >= 0.3 is 0 Å². The summed E-state index contributed by atoms with van der Waals surface area (Å²) in [6.07, 6.45) is 3.38. The van der Waals surface area contributed by atoms with Gasteiger partial charge in [0, 0.05) is 30.5 Å². The summed E-state index contributed by atoms with van der Waals surface area (Å²) in [7, 11) is 0. The summed E-state index contributed by atoms with van der Waals surface area (Å²) < 4.78 is 40.7. The average Bonchev–Trinajstić information content (AvgIpc) is 3.25. The molecule has 0 amide bonds. The highest BCUT2D eigenvalue weighted by atomic mass is 16.7. The van der Waals surface area contributed by atoms with Gasteiger partial charge in [-0.25, -0.2) is 0 Å². The standard InChI is InChI=1S/C48H45NO8/c50-49(51)40-24-13-23-39(29-40)43-44(53-31-36-17-7-2-8-18-36)42-26-28-48(27-14-25-41(56-48)34-52-30-35-15-5-1-6-16-35)57-45(42)47(55-33-38-21-11-4-12-22-38)46(43)54-32-37-19-9-3-10-20-37/h1-13,15-24,29,41H,14,25-28,30-34H2. The van der Waals surface area contributed by atoms with Crippen molar-refractivity contribution in [3.8, 4) is 34.1 Å². The topological polar surface area (TPSA) is 98.5 Å². The normalized spacial score (nSPS) is 17.3. The van der Waals surface area contributed by atoms with Crippen LogP contribution in [0.15, 0.2) is 146 Å². The summed E-state index contributed by atoms with van der Waals surface area (Å²) in [6.45, 7) is 1.61. The fraction of sp³-hybridized carbons (Fsp3) is 0.250. The van der Waals surface area contributed by atoms with Crippen molar-refractivity contribution in [2.24, 2.45) is 0 Å². The van der Waals surface area contributed by atoms with Crippen LogP contribution in [0.25, 0.3) is 11.1 Å². The van der Waals surface area contributed by atoms with Crippen LogP contribution in [0.2, 0.25) is 0 Å². The van der Waals surface area contributed by atoms with Gasteiger partial charge in [0.2, 0.25) is 11.5 Å². The molecule has 2 aliphatic rings. The Morgan fingerprint density at radius 1 is 0.632 bits per heavy atom. The van der Waals surface area contributed by atoms with E-state index in [0.29, 0.717) is 66.6 Å². The number of ether oxygens (including phenoxy) is 6. The molecule has 0 saturated carbocycles. The molecule has 2 heterocycles. The molecule has 6 aromatic carbocycles. The minimum absolute atomic E-state index is 0.0497. The van der Waals surface area contributed by atoms with E-state index in [9.17, 15) is 10.1 Å². The SMILES string of the molecule is O=[N+]([O-])c1cccc(-c2c(OCc3ccccc3)c3c(c(OCc4ccccc4)c2OCc2ccccc2)OC2(CCCC(COCc4ccccc4)O2)CC3)c1. The number of fused-ring (bicyclic) bond motifs is 1. The van der Waals surface area contributed by atoms with Crippen molar-refractivity contribution in [3.05, 3.63) is 184 Å². The Morgan fingerprint density at radius 2 is 1.18 bits per heavy atom. The van der Waals surface area contributed by atoms with E-state index in [2.05, 4.69) is 12.1 Å². The number of hydrogen-bond donors (Lipinski definition) is 0. The number of nitro benzene ring substituents is 1. The number of rotatable bonds is 15. The predicted molar refractivity (Wildman–Crippen MR) is 217 cm³/mol. The lowest BCUT2D eigenvalue weighted by Crippen LogP contribution is -2.49. The third kappa shape index (κ3) is 9.12. The Hall–Kier alpha value is -6.16. The Kier molecular flexibility index (Phi) is 11.8. The summed E-state index contributed by atoms with van der Waals surface area (Å²) in [6, 6.07) is 46.4. The first kappa shape index (κ1) is 37.7. The molecule has 2 atom stereocenters. The molecule has 1 spiro atoms. The quantitative estimate of drug-likeness (QED) is 0.0753. The highest BCUT2D eigenvalue weighted by Gasteiger charge is 2.46. The molecule has 290 valence electrons. The van der Waals surface area contributed by atoms with Crippen LogP contribution in [0.1, 0.15) is 53.5 Å². The van der Waals surface area contributed by atoms with Crippen LogP contribution in [0.3, 0.4) is 0 Å². The fourth-order valence-corrected chi connectivity index (χ4v) is 7.53. The van der Waals surface area contributed by atoms with Crippen LogP contribution >= 0.6 is 0 Å². The van der Waals surface area contributed by atoms with Gasteiger partial charge in [-0.15, -0.1) is 0 Å². The van der Waals surface area contributed by atoms with Crippen LogP contribution in [-0.4, -0.2) is 23.4 Å². The molecule has 0 aromatic heterocycles. The first-order valence-electron chi connectivity index (χ1n) is 19.5. The van der Waals surface area contributed by atoms with Gasteiger partial charge in [0.1, 0.15) is 25.6 Å². The Balaban J connectivity index is 1.24. The Labute approximate surface area is 332 Å². The molecule has 9 heteroatoms. The van der Waals surface area contributed by atoms with E-state index < -0.39 is 10.7 Å². The molecule has 0 aliphatic carbocycles. The van der Waals surface area contributed by atoms with Crippen LogP contribution in [0.5, 0.6) is 23.0 Å². The smallest absolute Gasteiger partial charge is 0.270 e. The van der Waals surface area contributed by atoms with E-state index in [-0.39, 0.29) is 31.6 Å². The number of nitro groups is 1. The van der Waals surface area contributed by atoms with Crippen molar-refractivity contribution in [2.75, 3.05) is 6.61 Å². The van der Waals surface area contributed by atoms with Gasteiger partial charge in [0.15, 0.2) is 11.5 Å². The lowest BCUT2D eigenvalue weighted by molar-refractivity contribution is -0.384. The maximum atomic E-state index is 12.1. The lowest BCUT2D eigenvalue weighted by atomic mass is 9.89. The maximum absolute atomic E-state index is 12.1. The van der Waals surface area contributed by atoms with Crippen LogP contribution in [0, 0.1) is 10.1 Å². The highest BCUT2D eigenvalue weighted by Crippen LogP contribution is 2.58. The summed E-state index contributed by atoms with van der Waals surface area (Å²) in [5, 5.41) is 12.1. The van der Waals surface area contributed by atoms with Gasteiger partial charge in [0.25, 0.3) is 5.69 Å². The zero-order chi connectivity index (χ0) is 38.9. The Morgan fingerprint density at radius 3 is 1.75 bits per heavy atom. The van der Waals surface area contributed by atoms with Crippen molar-refractivity contribution in [3.63, 3.8) is 0 Å². The number of benzene rings is 6. The fourth-order valence-electron chi connectivity index (χ4n) is 7.53. The number of hydrogen-bond acceptors (Lipinski definition) is 8. The molecule has 8 rings (SSSR count). The molecular formula is C48H45NO8. The Bertz CT molecular complexity index is 2250. The van der Waals surface area contributed by atoms with Crippen LogP contribution in [-0.2, 0) is 42.3 Å². The predicted octanol–water partition coefficient (Wildman–Crippen LogP) is 10.8. The van der Waals surface area contributed by atoms with Gasteiger partial charge in [-0.1, -0.05) is 133 Å². The van der Waals surface area contributed by atoms with Crippen LogP contribution < -0.4 is 18.9 Å². The first-order valence-corrected chi connectivity index (χ1v) is 19.5. The second-order valence-corrected chi connectivity index (χ2v) is 14.4. The molecular weight excluding hydrogens is 719 g/mol. The molecule has 6 aromatic rings. The van der Waals surface area contributed by atoms with E-state index in [0.717, 1.165) is 40.7 Å². The minimum Gasteiger partial charge on any atom is -0.488 e. The summed E-state index contributed by atoms with van der Waals surface area (Å²) in [5.74, 6) is 0.842. The number of non-ortho nitro benzene ring substituents is 1. The highest BCUT2D eigenvalue weighted by molar-refractivity contribution is 5.85. The zero-order valence-electron chi connectivity index (χ0n) is 31.7. The second kappa shape index (κ2) is 17.7. The molecule has 9 nitrogen and oxygen atoms in total. The van der Waals surface area contributed by atoms with E-state index in [1.54, 1.807) is 12.1 Å². The van der Waals surface area contributed by atoms with Crippen molar-refractivity contribution in [1.29, 1.82) is 0 Å². The molecule has 1 fully saturated rings. The van der Waals surface area contributed by atoms with E-state index >= 15 is 0 Å². The minimum atomic E-state index is -0.933. The largest absolute Gasteiger partial charge is 0.488 e. The molecule has 57 heavy (non-hydrogen) atoms. The van der Waals surface area contributed by atoms with Gasteiger partial charge < -0.3 is 28.4 Å². The third-order valence-corrected chi connectivity index (χ3v) is 10.4. The zero-order valence-corrected chi connectivity index (χ0v) is 31.7. The van der Waals surface area contributed by atoms with E-state index in [1.165, 1.54) is 6.07 Å². The molecule has 2 unspecified atom stereocenters. The summed E-state index contributed by atoms with van der Waals surface area (Å²) in [5.41, 5.74) is 5.83. The molecule has 1 saturated heterocycles. The van der Waals surface area contributed by atoms with Gasteiger partial charge in [-0.3, -0.25) is 10.1 Å². The summed E-state index contributed by atoms with van der Waals surface area (Å²) in [4.78, 5) is 11.8. The second-order valence-electron chi connectivity index (χ2n) is 14.4. The number of nitrogens with zero attached hydrogens (tertiary/aromatic N) is 1. The maximum Gasteiger partial charge on any atom is 0.270 e. The van der Waals surface area contributed by atoms with Crippen molar-refractivity contribution in [1.82, 2.24) is 0 Å². The van der Waals surface area contributed by atoms with Crippen LogP contribution in [0.4, 0.5) is 5.69 Å². The van der Waals surface area contributed by atoms with Crippen molar-refractivity contribution >= 4 is 5.69 Å². The lowest BCUT2D eigenvalue weighted by Gasteiger charge is -2.44. The first-order chi connectivity index (χ1) is 28.0. The summed E-state index contributed by atoms with van der Waals surface area (Å²) >= 11 is 0. The van der Waals surface area contributed by atoms with Gasteiger partial charge in [-0.05, 0) is 47.1 Å². The van der Waals surface area contributed by atoms with Gasteiger partial charge in [-0.2, -0.15) is 0 Å². The molecule has 0 N–H and O–H groups in total. The van der Waals surface area contributed by atoms with Crippen molar-refractivity contribution in [2.45, 2.75) is 70.4 Å². The molecule has 0 radical (unpaired) electrons. The van der Waals surface area contributed by atoms with Crippen molar-refractivity contribution < 1.29 is 33.3 Å². The monoisotopic (exact) mass is 763 g/mol.